The summed E-state index contributed by atoms with van der Waals surface area (Å²) in [5.41, 5.74) is 0.245. The summed E-state index contributed by atoms with van der Waals surface area (Å²) < 4.78 is 14.9. The Hall–Kier alpha value is -1.78. The molecule has 0 N–H and O–H groups in total. The molecule has 76 valence electrons. The van der Waals surface area contributed by atoms with Crippen LogP contribution in [-0.2, 0) is 0 Å². The number of aldehydes is 1. The highest BCUT2D eigenvalue weighted by Crippen LogP contribution is 2.33. The van der Waals surface area contributed by atoms with Crippen molar-refractivity contribution in [2.24, 2.45) is 0 Å². The van der Waals surface area contributed by atoms with Crippen molar-refractivity contribution in [3.63, 3.8) is 0 Å². The molecule has 0 radical (unpaired) electrons. The van der Waals surface area contributed by atoms with Gasteiger partial charge in [-0.2, -0.15) is 0 Å². The molecule has 1 heterocycles. The average molecular weight is 197 g/mol. The van der Waals surface area contributed by atoms with Gasteiger partial charge in [0.25, 0.3) is 0 Å². The monoisotopic (exact) mass is 197 g/mol. The lowest BCUT2D eigenvalue weighted by Gasteiger charge is -2.10. The molecule has 1 aromatic rings. The quantitative estimate of drug-likeness (QED) is 0.672. The molecule has 0 aliphatic rings. The largest absolute Gasteiger partial charge is 0.492 e. The number of carbonyl (C=O) groups is 1. The molecule has 0 unspecified atom stereocenters. The maximum absolute atomic E-state index is 10.8. The van der Waals surface area contributed by atoms with Crippen LogP contribution >= 0.6 is 0 Å². The summed E-state index contributed by atoms with van der Waals surface area (Å²) >= 11 is 0. The fourth-order valence-corrected chi connectivity index (χ4v) is 1.10. The van der Waals surface area contributed by atoms with E-state index in [-0.39, 0.29) is 11.4 Å². The van der Waals surface area contributed by atoms with Crippen LogP contribution < -0.4 is 14.2 Å². The van der Waals surface area contributed by atoms with Crippen molar-refractivity contribution >= 4 is 6.29 Å². The number of hydrogen-bond donors (Lipinski definition) is 0. The highest BCUT2D eigenvalue weighted by molar-refractivity contribution is 5.84. The van der Waals surface area contributed by atoms with E-state index in [9.17, 15) is 4.79 Å². The number of ether oxygens (including phenoxy) is 3. The van der Waals surface area contributed by atoms with Crippen molar-refractivity contribution in [1.29, 1.82) is 0 Å². The zero-order valence-electron chi connectivity index (χ0n) is 8.23. The van der Waals surface area contributed by atoms with Gasteiger partial charge in [0, 0.05) is 0 Å². The van der Waals surface area contributed by atoms with Gasteiger partial charge in [0.05, 0.1) is 27.5 Å². The molecule has 0 aliphatic carbocycles. The predicted molar refractivity (Wildman–Crippen MR) is 49.3 cm³/mol. The number of carbonyl (C=O) groups excluding carboxylic acids is 1. The van der Waals surface area contributed by atoms with E-state index in [1.54, 1.807) is 0 Å². The van der Waals surface area contributed by atoms with Crippen LogP contribution in [0.15, 0.2) is 6.20 Å². The molecular weight excluding hydrogens is 186 g/mol. The minimum atomic E-state index is 0.220. The van der Waals surface area contributed by atoms with E-state index in [1.807, 2.05) is 0 Å². The third-order valence-corrected chi connectivity index (χ3v) is 1.73. The molecule has 0 aliphatic heterocycles. The van der Waals surface area contributed by atoms with Crippen LogP contribution in [0.4, 0.5) is 0 Å². The van der Waals surface area contributed by atoms with E-state index in [0.29, 0.717) is 17.8 Å². The smallest absolute Gasteiger partial charge is 0.227 e. The van der Waals surface area contributed by atoms with Gasteiger partial charge in [0.15, 0.2) is 17.8 Å². The molecule has 5 nitrogen and oxygen atoms in total. The Morgan fingerprint density at radius 1 is 1.21 bits per heavy atom. The van der Waals surface area contributed by atoms with Gasteiger partial charge in [-0.15, -0.1) is 0 Å². The minimum Gasteiger partial charge on any atom is -0.492 e. The Labute approximate surface area is 81.6 Å². The molecule has 0 fully saturated rings. The van der Waals surface area contributed by atoms with Crippen molar-refractivity contribution in [2.75, 3.05) is 21.3 Å². The first kappa shape index (κ1) is 10.3. The van der Waals surface area contributed by atoms with Gasteiger partial charge in [-0.1, -0.05) is 0 Å². The SMILES string of the molecule is COc1cnc(OC)c(C=O)c1OC. The van der Waals surface area contributed by atoms with Gasteiger partial charge in [0.1, 0.15) is 5.56 Å². The molecular formula is C9H11NO4. The average Bonchev–Trinajstić information content (AvgIpc) is 2.26. The van der Waals surface area contributed by atoms with Crippen LogP contribution in [0, 0.1) is 0 Å². The Bertz CT molecular complexity index is 338. The van der Waals surface area contributed by atoms with Gasteiger partial charge in [-0.05, 0) is 0 Å². The summed E-state index contributed by atoms with van der Waals surface area (Å²) in [5.74, 6) is 0.947. The lowest BCUT2D eigenvalue weighted by molar-refractivity contribution is 0.111. The first-order chi connectivity index (χ1) is 6.78. The van der Waals surface area contributed by atoms with Gasteiger partial charge in [0.2, 0.25) is 5.88 Å². The van der Waals surface area contributed by atoms with E-state index in [0.717, 1.165) is 0 Å². The Balaban J connectivity index is 3.35. The molecule has 0 atom stereocenters. The van der Waals surface area contributed by atoms with Crippen LogP contribution in [0.2, 0.25) is 0 Å². The number of pyridine rings is 1. The third kappa shape index (κ3) is 1.61. The van der Waals surface area contributed by atoms with Crippen LogP contribution in [0.5, 0.6) is 17.4 Å². The molecule has 14 heavy (non-hydrogen) atoms. The standard InChI is InChI=1S/C9H11NO4/c1-12-7-4-10-9(14-3)6(5-11)8(7)13-2/h4-5H,1-3H3. The number of hydrogen-bond acceptors (Lipinski definition) is 5. The van der Waals surface area contributed by atoms with Gasteiger partial charge in [-0.3, -0.25) is 4.79 Å². The van der Waals surface area contributed by atoms with E-state index in [4.69, 9.17) is 14.2 Å². The zero-order chi connectivity index (χ0) is 10.6. The molecule has 1 aromatic heterocycles. The lowest BCUT2D eigenvalue weighted by Crippen LogP contribution is -2.00. The van der Waals surface area contributed by atoms with Crippen LogP contribution in [0.1, 0.15) is 10.4 Å². The summed E-state index contributed by atoms with van der Waals surface area (Å²) in [6.07, 6.45) is 2.05. The van der Waals surface area contributed by atoms with Crippen LogP contribution in [0.3, 0.4) is 0 Å². The summed E-state index contributed by atoms with van der Waals surface area (Å²) in [7, 11) is 4.35. The van der Waals surface area contributed by atoms with E-state index in [1.165, 1.54) is 27.5 Å². The van der Waals surface area contributed by atoms with E-state index >= 15 is 0 Å². The molecule has 0 saturated heterocycles. The fourth-order valence-electron chi connectivity index (χ4n) is 1.10. The van der Waals surface area contributed by atoms with E-state index < -0.39 is 0 Å². The zero-order valence-corrected chi connectivity index (χ0v) is 8.23. The predicted octanol–water partition coefficient (Wildman–Crippen LogP) is 0.920. The summed E-state index contributed by atoms with van der Waals surface area (Å²) in [6.45, 7) is 0. The molecule has 1 rings (SSSR count). The lowest BCUT2D eigenvalue weighted by atomic mass is 10.2. The van der Waals surface area contributed by atoms with Crippen molar-refractivity contribution in [2.45, 2.75) is 0 Å². The topological polar surface area (TPSA) is 57.7 Å². The second-order valence-electron chi connectivity index (χ2n) is 2.40. The van der Waals surface area contributed by atoms with Gasteiger partial charge in [-0.25, -0.2) is 4.98 Å². The van der Waals surface area contributed by atoms with E-state index in [2.05, 4.69) is 4.98 Å². The highest BCUT2D eigenvalue weighted by Gasteiger charge is 2.15. The Morgan fingerprint density at radius 2 is 1.93 bits per heavy atom. The molecule has 0 aromatic carbocycles. The maximum atomic E-state index is 10.8. The molecule has 0 saturated carbocycles. The minimum absolute atomic E-state index is 0.220. The maximum Gasteiger partial charge on any atom is 0.227 e. The molecule has 0 bridgehead atoms. The van der Waals surface area contributed by atoms with Crippen molar-refractivity contribution in [3.8, 4) is 17.4 Å². The Kier molecular flexibility index (Phi) is 3.28. The first-order valence-corrected chi connectivity index (χ1v) is 3.88. The van der Waals surface area contributed by atoms with Gasteiger partial charge >= 0.3 is 0 Å². The Morgan fingerprint density at radius 3 is 2.36 bits per heavy atom. The van der Waals surface area contributed by atoms with Crippen LogP contribution in [-0.4, -0.2) is 32.6 Å². The van der Waals surface area contributed by atoms with Crippen molar-refractivity contribution in [3.05, 3.63) is 11.8 Å². The summed E-state index contributed by atoms with van der Waals surface area (Å²) in [6, 6.07) is 0. The molecule has 0 spiro atoms. The fraction of sp³-hybridized carbons (Fsp3) is 0.333. The third-order valence-electron chi connectivity index (χ3n) is 1.73. The van der Waals surface area contributed by atoms with Gasteiger partial charge < -0.3 is 14.2 Å². The first-order valence-electron chi connectivity index (χ1n) is 3.88. The number of rotatable bonds is 4. The molecule has 5 heteroatoms. The van der Waals surface area contributed by atoms with Crippen molar-refractivity contribution in [1.82, 2.24) is 4.98 Å². The number of aromatic nitrogens is 1. The van der Waals surface area contributed by atoms with Crippen molar-refractivity contribution < 1.29 is 19.0 Å². The number of nitrogens with zero attached hydrogens (tertiary/aromatic N) is 1. The summed E-state index contributed by atoms with van der Waals surface area (Å²) in [5, 5.41) is 0. The number of methoxy groups -OCH3 is 3. The highest BCUT2D eigenvalue weighted by atomic mass is 16.5. The second-order valence-corrected chi connectivity index (χ2v) is 2.40. The summed E-state index contributed by atoms with van der Waals surface area (Å²) in [4.78, 5) is 14.7. The van der Waals surface area contributed by atoms with Crippen LogP contribution in [0.25, 0.3) is 0 Å². The second kappa shape index (κ2) is 4.45. The molecule has 0 amide bonds. The normalized spacial score (nSPS) is 9.36.